The molecule has 26 heavy (non-hydrogen) atoms. The molecule has 2 heterocycles. The molecule has 2 N–H and O–H groups in total. The van der Waals surface area contributed by atoms with Crippen LogP contribution in [0.1, 0.15) is 43.5 Å². The van der Waals surface area contributed by atoms with Gasteiger partial charge in [-0.3, -0.25) is 9.48 Å². The summed E-state index contributed by atoms with van der Waals surface area (Å²) < 4.78 is 7.66. The van der Waals surface area contributed by atoms with E-state index in [4.69, 9.17) is 4.74 Å². The van der Waals surface area contributed by atoms with Crippen molar-refractivity contribution in [2.45, 2.75) is 45.3 Å². The van der Waals surface area contributed by atoms with Crippen molar-refractivity contribution < 1.29 is 14.3 Å². The summed E-state index contributed by atoms with van der Waals surface area (Å²) in [6.07, 6.45) is 5.23. The molecule has 0 aliphatic carbocycles. The second kappa shape index (κ2) is 7.55. The number of ketones is 1. The van der Waals surface area contributed by atoms with Crippen LogP contribution in [0.4, 0.5) is 10.5 Å². The summed E-state index contributed by atoms with van der Waals surface area (Å²) in [7, 11) is 0. The van der Waals surface area contributed by atoms with Crippen molar-refractivity contribution in [3.05, 3.63) is 36.2 Å². The van der Waals surface area contributed by atoms with Crippen molar-refractivity contribution in [1.82, 2.24) is 20.3 Å². The Balaban J connectivity index is 1.53. The standard InChI is InChI=1S/C18H23N5O3/c1-3-18(2)12-15(24)14-11-13(5-6-16(14)26-18)21-17(25)19-7-4-9-23-10-8-20-22-23/h5-6,8,10-11H,3-4,7,9,12H2,1-2H3,(H2,19,21,25). The van der Waals surface area contributed by atoms with Crippen LogP contribution < -0.4 is 15.4 Å². The van der Waals surface area contributed by atoms with E-state index in [1.807, 2.05) is 13.8 Å². The molecule has 3 rings (SSSR count). The number of rotatable bonds is 6. The van der Waals surface area contributed by atoms with Gasteiger partial charge in [-0.25, -0.2) is 4.79 Å². The fourth-order valence-corrected chi connectivity index (χ4v) is 2.82. The van der Waals surface area contributed by atoms with Gasteiger partial charge in [0, 0.05) is 25.0 Å². The molecule has 1 aliphatic heterocycles. The lowest BCUT2D eigenvalue weighted by atomic mass is 9.89. The number of hydrogen-bond donors (Lipinski definition) is 2. The number of carbonyl (C=O) groups excluding carboxylic acids is 2. The van der Waals surface area contributed by atoms with E-state index in [0.29, 0.717) is 36.5 Å². The average molecular weight is 357 g/mol. The summed E-state index contributed by atoms with van der Waals surface area (Å²) >= 11 is 0. The molecule has 1 aromatic heterocycles. The largest absolute Gasteiger partial charge is 0.486 e. The number of fused-ring (bicyclic) bond motifs is 1. The van der Waals surface area contributed by atoms with E-state index in [2.05, 4.69) is 20.9 Å². The predicted molar refractivity (Wildman–Crippen MR) is 96.4 cm³/mol. The molecule has 8 heteroatoms. The van der Waals surface area contributed by atoms with Crippen LogP contribution in [-0.4, -0.2) is 39.0 Å². The number of carbonyl (C=O) groups is 2. The number of benzene rings is 1. The second-order valence-corrected chi connectivity index (χ2v) is 6.62. The molecule has 0 saturated carbocycles. The van der Waals surface area contributed by atoms with Crippen molar-refractivity contribution in [2.24, 2.45) is 0 Å². The number of hydrogen-bond acceptors (Lipinski definition) is 5. The summed E-state index contributed by atoms with van der Waals surface area (Å²) in [5.41, 5.74) is 0.620. The summed E-state index contributed by atoms with van der Waals surface area (Å²) in [6.45, 7) is 5.13. The van der Waals surface area contributed by atoms with Gasteiger partial charge >= 0.3 is 6.03 Å². The van der Waals surface area contributed by atoms with Gasteiger partial charge in [0.15, 0.2) is 5.78 Å². The number of aromatic nitrogens is 3. The van der Waals surface area contributed by atoms with E-state index in [0.717, 1.165) is 12.8 Å². The van der Waals surface area contributed by atoms with E-state index >= 15 is 0 Å². The maximum absolute atomic E-state index is 12.4. The number of nitrogens with zero attached hydrogens (tertiary/aromatic N) is 3. The predicted octanol–water partition coefficient (Wildman–Crippen LogP) is 2.62. The molecule has 1 atom stereocenters. The maximum atomic E-state index is 12.4. The minimum atomic E-state index is -0.458. The summed E-state index contributed by atoms with van der Waals surface area (Å²) in [4.78, 5) is 24.4. The Bertz CT molecular complexity index is 790. The SMILES string of the molecule is CCC1(C)CC(=O)c2cc(NC(=O)NCCCn3ccnn3)ccc2O1. The average Bonchev–Trinajstić information content (AvgIpc) is 3.13. The third-order valence-corrected chi connectivity index (χ3v) is 4.50. The van der Waals surface area contributed by atoms with Crippen LogP contribution >= 0.6 is 0 Å². The van der Waals surface area contributed by atoms with Gasteiger partial charge in [-0.05, 0) is 38.0 Å². The van der Waals surface area contributed by atoms with Gasteiger partial charge in [-0.2, -0.15) is 0 Å². The number of nitrogens with one attached hydrogen (secondary N) is 2. The molecule has 1 aromatic carbocycles. The van der Waals surface area contributed by atoms with Crippen molar-refractivity contribution in [3.63, 3.8) is 0 Å². The van der Waals surface area contributed by atoms with E-state index in [1.165, 1.54) is 0 Å². The van der Waals surface area contributed by atoms with E-state index < -0.39 is 5.60 Å². The Kier molecular flexibility index (Phi) is 5.20. The molecule has 0 saturated heterocycles. The molecule has 0 spiro atoms. The number of anilines is 1. The molecular weight excluding hydrogens is 334 g/mol. The zero-order chi connectivity index (χ0) is 18.6. The van der Waals surface area contributed by atoms with Crippen LogP contribution in [0.25, 0.3) is 0 Å². The highest BCUT2D eigenvalue weighted by atomic mass is 16.5. The van der Waals surface area contributed by atoms with Crippen molar-refractivity contribution >= 4 is 17.5 Å². The van der Waals surface area contributed by atoms with E-state index in [1.54, 1.807) is 35.3 Å². The normalized spacial score (nSPS) is 18.8. The first-order chi connectivity index (χ1) is 12.5. The molecular formula is C18H23N5O3. The highest BCUT2D eigenvalue weighted by molar-refractivity contribution is 6.02. The van der Waals surface area contributed by atoms with Gasteiger partial charge in [-0.15, -0.1) is 5.10 Å². The first kappa shape index (κ1) is 17.9. The number of ether oxygens (including phenoxy) is 1. The van der Waals surface area contributed by atoms with E-state index in [9.17, 15) is 9.59 Å². The third-order valence-electron chi connectivity index (χ3n) is 4.50. The molecule has 1 aliphatic rings. The number of aryl methyl sites for hydroxylation is 1. The zero-order valence-electron chi connectivity index (χ0n) is 15.0. The lowest BCUT2D eigenvalue weighted by molar-refractivity contribution is 0.0499. The smallest absolute Gasteiger partial charge is 0.319 e. The van der Waals surface area contributed by atoms with E-state index in [-0.39, 0.29) is 11.8 Å². The van der Waals surface area contributed by atoms with Crippen LogP contribution in [0.3, 0.4) is 0 Å². The Morgan fingerprint density at radius 1 is 1.42 bits per heavy atom. The fourth-order valence-electron chi connectivity index (χ4n) is 2.82. The van der Waals surface area contributed by atoms with Crippen LogP contribution in [-0.2, 0) is 6.54 Å². The number of amides is 2. The first-order valence-corrected chi connectivity index (χ1v) is 8.74. The highest BCUT2D eigenvalue weighted by Crippen LogP contribution is 2.36. The number of urea groups is 1. The van der Waals surface area contributed by atoms with Gasteiger partial charge in [-0.1, -0.05) is 12.1 Å². The van der Waals surface area contributed by atoms with Crippen LogP contribution in [0.5, 0.6) is 5.75 Å². The Labute approximate surface area is 151 Å². The lowest BCUT2D eigenvalue weighted by Crippen LogP contribution is -2.38. The summed E-state index contributed by atoms with van der Waals surface area (Å²) in [6, 6.07) is 4.83. The molecule has 0 bridgehead atoms. The van der Waals surface area contributed by atoms with Gasteiger partial charge in [0.1, 0.15) is 11.4 Å². The second-order valence-electron chi connectivity index (χ2n) is 6.62. The topological polar surface area (TPSA) is 98.1 Å². The van der Waals surface area contributed by atoms with Gasteiger partial charge < -0.3 is 15.4 Å². The molecule has 2 amide bonds. The van der Waals surface area contributed by atoms with Gasteiger partial charge in [0.2, 0.25) is 0 Å². The molecule has 2 aromatic rings. The minimum absolute atomic E-state index is 0.0347. The zero-order valence-corrected chi connectivity index (χ0v) is 15.0. The summed E-state index contributed by atoms with van der Waals surface area (Å²) in [5.74, 6) is 0.608. The minimum Gasteiger partial charge on any atom is -0.486 e. The fraction of sp³-hybridized carbons (Fsp3) is 0.444. The molecule has 8 nitrogen and oxygen atoms in total. The Hall–Kier alpha value is -2.90. The highest BCUT2D eigenvalue weighted by Gasteiger charge is 2.35. The molecule has 0 fully saturated rings. The Morgan fingerprint density at radius 2 is 2.27 bits per heavy atom. The van der Waals surface area contributed by atoms with Crippen molar-refractivity contribution in [2.75, 3.05) is 11.9 Å². The number of Topliss-reactive ketones (excluding diaryl/α,β-unsaturated/α-hetero) is 1. The van der Waals surface area contributed by atoms with Crippen molar-refractivity contribution in [3.8, 4) is 5.75 Å². The summed E-state index contributed by atoms with van der Waals surface area (Å²) in [5, 5.41) is 13.1. The molecule has 138 valence electrons. The van der Waals surface area contributed by atoms with Crippen molar-refractivity contribution in [1.29, 1.82) is 0 Å². The Morgan fingerprint density at radius 3 is 3.00 bits per heavy atom. The quantitative estimate of drug-likeness (QED) is 0.775. The lowest BCUT2D eigenvalue weighted by Gasteiger charge is -2.34. The first-order valence-electron chi connectivity index (χ1n) is 8.74. The van der Waals surface area contributed by atoms with Gasteiger partial charge in [0.05, 0.1) is 18.2 Å². The maximum Gasteiger partial charge on any atom is 0.319 e. The van der Waals surface area contributed by atoms with Crippen LogP contribution in [0.2, 0.25) is 0 Å². The third kappa shape index (κ3) is 4.19. The van der Waals surface area contributed by atoms with Crippen LogP contribution in [0.15, 0.2) is 30.6 Å². The van der Waals surface area contributed by atoms with Crippen LogP contribution in [0, 0.1) is 0 Å². The molecule has 0 radical (unpaired) electrons. The molecule has 1 unspecified atom stereocenters. The van der Waals surface area contributed by atoms with Gasteiger partial charge in [0.25, 0.3) is 0 Å². The monoisotopic (exact) mass is 357 g/mol.